The van der Waals surface area contributed by atoms with Crippen LogP contribution in [0, 0.1) is 17.8 Å². The summed E-state index contributed by atoms with van der Waals surface area (Å²) in [5, 5.41) is 10.6. The molecule has 0 amide bonds. The molecular weight excluding hydrogens is 1270 g/mol. The molecule has 0 aliphatic heterocycles. The number of phosphoric acid groups is 2. The summed E-state index contributed by atoms with van der Waals surface area (Å²) in [6.45, 7) is 11.9. The van der Waals surface area contributed by atoms with Crippen molar-refractivity contribution in [2.75, 3.05) is 39.6 Å². The minimum atomic E-state index is -4.96. The Morgan fingerprint density at radius 1 is 0.278 bits per heavy atom. The number of ether oxygens (including phenoxy) is 4. The van der Waals surface area contributed by atoms with Crippen molar-refractivity contribution in [2.24, 2.45) is 17.8 Å². The van der Waals surface area contributed by atoms with Crippen LogP contribution in [0.1, 0.15) is 402 Å². The van der Waals surface area contributed by atoms with Gasteiger partial charge in [-0.05, 0) is 43.4 Å². The van der Waals surface area contributed by atoms with Crippen molar-refractivity contribution in [1.29, 1.82) is 0 Å². The van der Waals surface area contributed by atoms with E-state index >= 15 is 0 Å². The van der Waals surface area contributed by atoms with Gasteiger partial charge in [-0.2, -0.15) is 0 Å². The summed E-state index contributed by atoms with van der Waals surface area (Å²) in [4.78, 5) is 72.8. The normalized spacial score (nSPS) is 14.0. The molecule has 0 radical (unpaired) electrons. The monoisotopic (exact) mass is 1420 g/mol. The highest BCUT2D eigenvalue weighted by molar-refractivity contribution is 7.47. The first-order chi connectivity index (χ1) is 46.7. The van der Waals surface area contributed by atoms with Crippen molar-refractivity contribution in [1.82, 2.24) is 0 Å². The Labute approximate surface area is 594 Å². The summed E-state index contributed by atoms with van der Waals surface area (Å²) in [5.41, 5.74) is 0. The number of aliphatic hydroxyl groups is 1. The molecule has 0 spiro atoms. The van der Waals surface area contributed by atoms with E-state index in [1.807, 2.05) is 0 Å². The molecular formula is C78H152O17P2. The Kier molecular flexibility index (Phi) is 67.1. The third kappa shape index (κ3) is 72.2. The predicted octanol–water partition coefficient (Wildman–Crippen LogP) is 23.0. The highest BCUT2D eigenvalue weighted by Crippen LogP contribution is 2.45. The van der Waals surface area contributed by atoms with Crippen molar-refractivity contribution in [2.45, 2.75) is 420 Å². The summed E-state index contributed by atoms with van der Waals surface area (Å²) < 4.78 is 68.5. The second kappa shape index (κ2) is 68.5. The third-order valence-electron chi connectivity index (χ3n) is 18.1. The summed E-state index contributed by atoms with van der Waals surface area (Å²) in [7, 11) is -9.91. The zero-order valence-electron chi connectivity index (χ0n) is 63.5. The summed E-state index contributed by atoms with van der Waals surface area (Å²) in [6, 6.07) is 0. The zero-order valence-corrected chi connectivity index (χ0v) is 65.3. The third-order valence-corrected chi connectivity index (χ3v) is 20.0. The second-order valence-electron chi connectivity index (χ2n) is 29.5. The smallest absolute Gasteiger partial charge is 0.462 e. The van der Waals surface area contributed by atoms with E-state index in [9.17, 15) is 43.2 Å². The number of carbonyl (C=O) groups is 4. The molecule has 0 aromatic carbocycles. The van der Waals surface area contributed by atoms with Gasteiger partial charge in [-0.25, -0.2) is 9.13 Å². The van der Waals surface area contributed by atoms with Crippen LogP contribution >= 0.6 is 15.6 Å². The lowest BCUT2D eigenvalue weighted by atomic mass is 10.0. The molecule has 5 atom stereocenters. The van der Waals surface area contributed by atoms with E-state index in [1.54, 1.807) is 0 Å². The molecule has 0 saturated heterocycles. The van der Waals surface area contributed by atoms with Gasteiger partial charge in [-0.3, -0.25) is 37.3 Å². The SMILES string of the molecule is CCCCCCCCCCC(=O)OC[C@H](COP(=O)(O)OC[C@H](O)COP(=O)(O)OC[C@@H](COC(=O)CCCCCCCCCCCCCCCCC(C)C)OC(=O)CCCCCCCCCCCCCCCCCCC(C)C)OC(=O)CCCCCCCCCCCCC(C)C. The van der Waals surface area contributed by atoms with Crippen molar-refractivity contribution >= 4 is 39.5 Å². The van der Waals surface area contributed by atoms with E-state index in [1.165, 1.54) is 205 Å². The average molecular weight is 1420 g/mol. The van der Waals surface area contributed by atoms with E-state index in [-0.39, 0.29) is 25.7 Å². The number of hydrogen-bond donors (Lipinski definition) is 3. The van der Waals surface area contributed by atoms with Gasteiger partial charge in [-0.1, -0.05) is 350 Å². The fraction of sp³-hybridized carbons (Fsp3) is 0.949. The van der Waals surface area contributed by atoms with Crippen molar-refractivity contribution < 1.29 is 80.2 Å². The second-order valence-corrected chi connectivity index (χ2v) is 32.4. The minimum Gasteiger partial charge on any atom is -0.462 e. The molecule has 0 fully saturated rings. The van der Waals surface area contributed by atoms with Crippen LogP contribution in [0.4, 0.5) is 0 Å². The Morgan fingerprint density at radius 3 is 0.701 bits per heavy atom. The van der Waals surface area contributed by atoms with Crippen LogP contribution in [0.3, 0.4) is 0 Å². The lowest BCUT2D eigenvalue weighted by Crippen LogP contribution is -2.30. The van der Waals surface area contributed by atoms with E-state index in [0.29, 0.717) is 25.7 Å². The molecule has 0 aromatic heterocycles. The largest absolute Gasteiger partial charge is 0.472 e. The van der Waals surface area contributed by atoms with Crippen LogP contribution in [-0.2, 0) is 65.4 Å². The fourth-order valence-electron chi connectivity index (χ4n) is 12.0. The number of phosphoric ester groups is 2. The maximum absolute atomic E-state index is 13.1. The van der Waals surface area contributed by atoms with Gasteiger partial charge in [0.2, 0.25) is 0 Å². The van der Waals surface area contributed by atoms with E-state index in [2.05, 4.69) is 48.5 Å². The van der Waals surface area contributed by atoms with Crippen LogP contribution in [0.15, 0.2) is 0 Å². The zero-order chi connectivity index (χ0) is 71.6. The first kappa shape index (κ1) is 95.1. The highest BCUT2D eigenvalue weighted by Gasteiger charge is 2.30. The molecule has 0 aliphatic carbocycles. The van der Waals surface area contributed by atoms with Gasteiger partial charge in [0.05, 0.1) is 26.4 Å². The topological polar surface area (TPSA) is 237 Å². The number of aliphatic hydroxyl groups excluding tert-OH is 1. The molecule has 19 heteroatoms. The van der Waals surface area contributed by atoms with Crippen molar-refractivity contribution in [3.05, 3.63) is 0 Å². The predicted molar refractivity (Wildman–Crippen MR) is 395 cm³/mol. The summed E-state index contributed by atoms with van der Waals surface area (Å²) >= 11 is 0. The number of rotatable bonds is 76. The Balaban J connectivity index is 5.21. The van der Waals surface area contributed by atoms with E-state index < -0.39 is 97.5 Å². The van der Waals surface area contributed by atoms with Crippen LogP contribution in [0.5, 0.6) is 0 Å². The Hall–Kier alpha value is -1.94. The highest BCUT2D eigenvalue weighted by atomic mass is 31.2. The molecule has 576 valence electrons. The van der Waals surface area contributed by atoms with Crippen LogP contribution < -0.4 is 0 Å². The van der Waals surface area contributed by atoms with Gasteiger partial charge in [0.25, 0.3) is 0 Å². The van der Waals surface area contributed by atoms with Crippen molar-refractivity contribution in [3.8, 4) is 0 Å². The Bertz CT molecular complexity index is 1890. The van der Waals surface area contributed by atoms with Gasteiger partial charge in [0.1, 0.15) is 19.3 Å². The summed E-state index contributed by atoms with van der Waals surface area (Å²) in [5.74, 6) is 0.243. The maximum atomic E-state index is 13.1. The standard InChI is InChI=1S/C78H152O17P2/c1-8-9-10-11-12-38-45-52-59-75(80)88-65-73(94-78(83)62-55-48-41-34-28-27-31-37-44-51-58-71(6)7)67-92-96(84,85)90-63-72(79)64-91-97(86,87)93-68-74(66-89-76(81)60-53-46-39-32-25-21-18-17-20-24-30-36-43-50-57-70(4)5)95-77(82)61-54-47-40-33-26-22-16-14-13-15-19-23-29-35-42-49-56-69(2)3/h69-74,79H,8-68H2,1-7H3,(H,84,85)(H,86,87)/t72-,73+,74+/m0/s1. The summed E-state index contributed by atoms with van der Waals surface area (Å²) in [6.07, 6.45) is 55.6. The molecule has 3 N–H and O–H groups in total. The fourth-order valence-corrected chi connectivity index (χ4v) is 13.5. The molecule has 0 heterocycles. The van der Waals surface area contributed by atoms with E-state index in [0.717, 1.165) is 114 Å². The molecule has 2 unspecified atom stereocenters. The lowest BCUT2D eigenvalue weighted by Gasteiger charge is -2.21. The van der Waals surface area contributed by atoms with E-state index in [4.69, 9.17) is 37.0 Å². The quantitative estimate of drug-likeness (QED) is 0.0222. The molecule has 0 aromatic rings. The van der Waals surface area contributed by atoms with Crippen LogP contribution in [0.2, 0.25) is 0 Å². The minimum absolute atomic E-state index is 0.106. The lowest BCUT2D eigenvalue weighted by molar-refractivity contribution is -0.161. The van der Waals surface area contributed by atoms with Crippen LogP contribution in [0.25, 0.3) is 0 Å². The number of esters is 4. The van der Waals surface area contributed by atoms with Crippen LogP contribution in [-0.4, -0.2) is 96.7 Å². The Morgan fingerprint density at radius 2 is 0.474 bits per heavy atom. The molecule has 0 rings (SSSR count). The van der Waals surface area contributed by atoms with Gasteiger partial charge in [0, 0.05) is 25.7 Å². The van der Waals surface area contributed by atoms with Gasteiger partial charge in [-0.15, -0.1) is 0 Å². The molecule has 0 bridgehead atoms. The molecule has 0 saturated carbocycles. The maximum Gasteiger partial charge on any atom is 0.472 e. The number of hydrogen-bond acceptors (Lipinski definition) is 15. The molecule has 0 aliphatic rings. The first-order valence-electron chi connectivity index (χ1n) is 40.3. The molecule has 97 heavy (non-hydrogen) atoms. The number of carbonyl (C=O) groups excluding carboxylic acids is 4. The first-order valence-corrected chi connectivity index (χ1v) is 43.3. The number of unbranched alkanes of at least 4 members (excludes halogenated alkanes) is 44. The molecule has 17 nitrogen and oxygen atoms in total. The van der Waals surface area contributed by atoms with Crippen molar-refractivity contribution in [3.63, 3.8) is 0 Å². The van der Waals surface area contributed by atoms with Gasteiger partial charge in [0.15, 0.2) is 12.2 Å². The average Bonchev–Trinajstić information content (AvgIpc) is 1.27. The van der Waals surface area contributed by atoms with Gasteiger partial charge >= 0.3 is 39.5 Å². The van der Waals surface area contributed by atoms with Gasteiger partial charge < -0.3 is 33.8 Å².